The van der Waals surface area contributed by atoms with E-state index in [4.69, 9.17) is 9.47 Å². The SMILES string of the molecule is CCN(O)CC(C)[C@H]1CCC(C)(OC)[C@H](C(C)(C)C(C)=O)O1. The fraction of sp³-hybridized carbons (Fsp3) is 0.941. The molecule has 1 aliphatic heterocycles. The van der Waals surface area contributed by atoms with Crippen molar-refractivity contribution >= 4 is 5.78 Å². The van der Waals surface area contributed by atoms with Crippen LogP contribution in [0.5, 0.6) is 0 Å². The van der Waals surface area contributed by atoms with Crippen LogP contribution in [0.25, 0.3) is 0 Å². The van der Waals surface area contributed by atoms with Gasteiger partial charge in [-0.3, -0.25) is 4.79 Å². The van der Waals surface area contributed by atoms with Crippen molar-refractivity contribution in [3.05, 3.63) is 0 Å². The minimum Gasteiger partial charge on any atom is -0.376 e. The second-order valence-corrected chi connectivity index (χ2v) is 7.37. The molecule has 0 spiro atoms. The molecule has 1 rings (SSSR count). The molecule has 0 bridgehead atoms. The van der Waals surface area contributed by atoms with Crippen LogP contribution in [-0.4, -0.2) is 54.1 Å². The van der Waals surface area contributed by atoms with Gasteiger partial charge in [0.25, 0.3) is 0 Å². The highest BCUT2D eigenvalue weighted by atomic mass is 16.6. The number of ketones is 1. The van der Waals surface area contributed by atoms with Crippen molar-refractivity contribution in [1.29, 1.82) is 0 Å². The lowest BCUT2D eigenvalue weighted by Crippen LogP contribution is -2.59. The molecule has 22 heavy (non-hydrogen) atoms. The number of carbonyl (C=O) groups excluding carboxylic acids is 1. The summed E-state index contributed by atoms with van der Waals surface area (Å²) in [5, 5.41) is 11.0. The average molecular weight is 315 g/mol. The average Bonchev–Trinajstić information content (AvgIpc) is 2.46. The van der Waals surface area contributed by atoms with Crippen LogP contribution in [0.3, 0.4) is 0 Å². The summed E-state index contributed by atoms with van der Waals surface area (Å²) < 4.78 is 12.1. The molecule has 0 aromatic carbocycles. The molecule has 1 saturated heterocycles. The summed E-state index contributed by atoms with van der Waals surface area (Å²) in [5.74, 6) is 0.294. The Balaban J connectivity index is 2.93. The number of hydroxylamine groups is 2. The molecule has 5 heteroatoms. The van der Waals surface area contributed by atoms with Gasteiger partial charge >= 0.3 is 0 Å². The van der Waals surface area contributed by atoms with Crippen molar-refractivity contribution in [2.24, 2.45) is 11.3 Å². The molecule has 0 amide bonds. The molecule has 0 aromatic heterocycles. The predicted octanol–water partition coefficient (Wildman–Crippen LogP) is 2.90. The van der Waals surface area contributed by atoms with Crippen molar-refractivity contribution in [2.45, 2.75) is 72.2 Å². The van der Waals surface area contributed by atoms with Crippen LogP contribution >= 0.6 is 0 Å². The van der Waals surface area contributed by atoms with Gasteiger partial charge in [0.1, 0.15) is 5.78 Å². The summed E-state index contributed by atoms with van der Waals surface area (Å²) in [4.78, 5) is 12.1. The maximum Gasteiger partial charge on any atom is 0.138 e. The number of ether oxygens (including phenoxy) is 2. The van der Waals surface area contributed by atoms with Crippen LogP contribution in [0.1, 0.15) is 54.4 Å². The lowest BCUT2D eigenvalue weighted by atomic mass is 9.71. The molecule has 2 unspecified atom stereocenters. The van der Waals surface area contributed by atoms with Crippen LogP contribution in [0.2, 0.25) is 0 Å². The topological polar surface area (TPSA) is 59.0 Å². The summed E-state index contributed by atoms with van der Waals surface area (Å²) in [6.07, 6.45) is 1.44. The van der Waals surface area contributed by atoms with E-state index in [9.17, 15) is 10.0 Å². The molecular formula is C17H33NO4. The summed E-state index contributed by atoms with van der Waals surface area (Å²) in [6.45, 7) is 12.6. The van der Waals surface area contributed by atoms with E-state index in [0.29, 0.717) is 13.1 Å². The first-order chi connectivity index (χ1) is 10.1. The highest BCUT2D eigenvalue weighted by Gasteiger charge is 2.51. The standard InChI is InChI=1S/C17H33NO4/c1-8-18(20)11-12(2)14-9-10-17(6,21-7)15(22-14)16(4,5)13(3)19/h12,14-15,20H,8-11H2,1-7H3/t12?,14-,15+,17?/m1/s1. The highest BCUT2D eigenvalue weighted by Crippen LogP contribution is 2.42. The van der Waals surface area contributed by atoms with E-state index in [1.807, 2.05) is 27.7 Å². The molecule has 0 radical (unpaired) electrons. The number of methoxy groups -OCH3 is 1. The van der Waals surface area contributed by atoms with E-state index in [0.717, 1.165) is 12.8 Å². The van der Waals surface area contributed by atoms with Gasteiger partial charge in [-0.2, -0.15) is 5.06 Å². The first-order valence-corrected chi connectivity index (χ1v) is 8.24. The summed E-state index contributed by atoms with van der Waals surface area (Å²) in [7, 11) is 1.68. The third kappa shape index (κ3) is 4.07. The van der Waals surface area contributed by atoms with Gasteiger partial charge in [0.2, 0.25) is 0 Å². The van der Waals surface area contributed by atoms with Crippen molar-refractivity contribution in [2.75, 3.05) is 20.2 Å². The Morgan fingerprint density at radius 2 is 2.14 bits per heavy atom. The lowest BCUT2D eigenvalue weighted by molar-refractivity contribution is -0.228. The molecule has 0 saturated carbocycles. The molecule has 0 aliphatic carbocycles. The van der Waals surface area contributed by atoms with Crippen molar-refractivity contribution in [3.8, 4) is 0 Å². The minimum atomic E-state index is -0.604. The molecule has 130 valence electrons. The zero-order chi connectivity index (χ0) is 17.1. The second kappa shape index (κ2) is 7.39. The van der Waals surface area contributed by atoms with E-state index in [-0.39, 0.29) is 23.9 Å². The Hall–Kier alpha value is -0.490. The fourth-order valence-corrected chi connectivity index (χ4v) is 3.27. The monoisotopic (exact) mass is 315 g/mol. The maximum atomic E-state index is 12.1. The van der Waals surface area contributed by atoms with Crippen molar-refractivity contribution in [3.63, 3.8) is 0 Å². The van der Waals surface area contributed by atoms with Gasteiger partial charge in [-0.15, -0.1) is 0 Å². The molecule has 4 atom stereocenters. The van der Waals surface area contributed by atoms with E-state index in [1.54, 1.807) is 14.0 Å². The number of rotatable bonds is 7. The lowest BCUT2D eigenvalue weighted by Gasteiger charge is -2.50. The van der Waals surface area contributed by atoms with E-state index in [1.165, 1.54) is 5.06 Å². The first kappa shape index (κ1) is 19.6. The van der Waals surface area contributed by atoms with Crippen molar-refractivity contribution in [1.82, 2.24) is 5.06 Å². The molecule has 1 aliphatic rings. The van der Waals surface area contributed by atoms with Gasteiger partial charge in [0.05, 0.1) is 23.2 Å². The number of hydrogen-bond donors (Lipinski definition) is 1. The molecule has 5 nitrogen and oxygen atoms in total. The smallest absolute Gasteiger partial charge is 0.138 e. The Labute approximate surface area is 134 Å². The zero-order valence-electron chi connectivity index (χ0n) is 15.2. The molecule has 1 heterocycles. The Morgan fingerprint density at radius 1 is 1.55 bits per heavy atom. The van der Waals surface area contributed by atoms with Gasteiger partial charge < -0.3 is 14.7 Å². The summed E-state index contributed by atoms with van der Waals surface area (Å²) >= 11 is 0. The third-order valence-corrected chi connectivity index (χ3v) is 5.32. The van der Waals surface area contributed by atoms with Gasteiger partial charge in [-0.25, -0.2) is 0 Å². The van der Waals surface area contributed by atoms with Crippen LogP contribution in [0, 0.1) is 11.3 Å². The van der Waals surface area contributed by atoms with Crippen LogP contribution in [0.15, 0.2) is 0 Å². The molecule has 0 aromatic rings. The maximum absolute atomic E-state index is 12.1. The summed E-state index contributed by atoms with van der Waals surface area (Å²) in [5.41, 5.74) is -1.07. The molecule has 1 N–H and O–H groups in total. The second-order valence-electron chi connectivity index (χ2n) is 7.37. The number of nitrogens with zero attached hydrogens (tertiary/aromatic N) is 1. The quantitative estimate of drug-likeness (QED) is 0.732. The van der Waals surface area contributed by atoms with Crippen LogP contribution in [0.4, 0.5) is 0 Å². The molecule has 1 fully saturated rings. The predicted molar refractivity (Wildman–Crippen MR) is 86.0 cm³/mol. The first-order valence-electron chi connectivity index (χ1n) is 8.24. The van der Waals surface area contributed by atoms with E-state index < -0.39 is 11.0 Å². The van der Waals surface area contributed by atoms with E-state index >= 15 is 0 Å². The minimum absolute atomic E-state index is 0.0213. The van der Waals surface area contributed by atoms with Gasteiger partial charge in [-0.1, -0.05) is 27.7 Å². The van der Waals surface area contributed by atoms with Gasteiger partial charge in [0.15, 0.2) is 0 Å². The number of hydrogen-bond acceptors (Lipinski definition) is 5. The van der Waals surface area contributed by atoms with Crippen molar-refractivity contribution < 1.29 is 19.5 Å². The largest absolute Gasteiger partial charge is 0.376 e. The molecular weight excluding hydrogens is 282 g/mol. The number of carbonyl (C=O) groups is 1. The highest BCUT2D eigenvalue weighted by molar-refractivity contribution is 5.82. The van der Waals surface area contributed by atoms with Gasteiger partial charge in [-0.05, 0) is 32.6 Å². The fourth-order valence-electron chi connectivity index (χ4n) is 3.27. The Morgan fingerprint density at radius 3 is 2.59 bits per heavy atom. The van der Waals surface area contributed by atoms with Crippen LogP contribution in [-0.2, 0) is 14.3 Å². The normalized spacial score (nSPS) is 31.3. The zero-order valence-corrected chi connectivity index (χ0v) is 15.2. The summed E-state index contributed by atoms with van der Waals surface area (Å²) in [6, 6.07) is 0. The Bertz CT molecular complexity index is 385. The van der Waals surface area contributed by atoms with Gasteiger partial charge in [0, 0.05) is 20.2 Å². The van der Waals surface area contributed by atoms with E-state index in [2.05, 4.69) is 6.92 Å². The third-order valence-electron chi connectivity index (χ3n) is 5.32. The number of Topliss-reactive ketones (excluding diaryl/α,β-unsaturated/α-hetero) is 1. The Kier molecular flexibility index (Phi) is 6.57. The van der Waals surface area contributed by atoms with Crippen LogP contribution < -0.4 is 0 Å².